The Morgan fingerprint density at radius 3 is 2.50 bits per heavy atom. The van der Waals surface area contributed by atoms with Gasteiger partial charge in [0.05, 0.1) is 12.4 Å². The van der Waals surface area contributed by atoms with Crippen molar-refractivity contribution in [2.75, 3.05) is 12.4 Å². The second-order valence-electron chi connectivity index (χ2n) is 5.31. The topological polar surface area (TPSA) is 43.4 Å². The SMILES string of the molecule is Cc1ccccc1SCC(=O)OCCCC(=O)c1ccc(F)cc1. The first kappa shape index (κ1) is 18.2. The molecule has 0 aromatic heterocycles. The van der Waals surface area contributed by atoms with Crippen LogP contribution in [0.4, 0.5) is 4.39 Å². The molecular weight excluding hydrogens is 327 g/mol. The van der Waals surface area contributed by atoms with Gasteiger partial charge in [0.2, 0.25) is 0 Å². The highest BCUT2D eigenvalue weighted by atomic mass is 32.2. The Morgan fingerprint density at radius 1 is 1.08 bits per heavy atom. The molecule has 0 saturated carbocycles. The molecule has 5 heteroatoms. The van der Waals surface area contributed by atoms with E-state index in [2.05, 4.69) is 0 Å². The zero-order valence-corrected chi connectivity index (χ0v) is 14.3. The van der Waals surface area contributed by atoms with Crippen LogP contribution in [0.25, 0.3) is 0 Å². The monoisotopic (exact) mass is 346 g/mol. The van der Waals surface area contributed by atoms with Gasteiger partial charge in [-0.25, -0.2) is 4.39 Å². The average molecular weight is 346 g/mol. The molecule has 0 saturated heterocycles. The zero-order valence-electron chi connectivity index (χ0n) is 13.5. The smallest absolute Gasteiger partial charge is 0.316 e. The minimum absolute atomic E-state index is 0.0830. The lowest BCUT2D eigenvalue weighted by molar-refractivity contribution is -0.140. The van der Waals surface area contributed by atoms with E-state index in [0.29, 0.717) is 12.0 Å². The van der Waals surface area contributed by atoms with E-state index in [-0.39, 0.29) is 36.4 Å². The molecule has 3 nitrogen and oxygen atoms in total. The molecule has 0 radical (unpaired) electrons. The highest BCUT2D eigenvalue weighted by Crippen LogP contribution is 2.21. The van der Waals surface area contributed by atoms with E-state index in [0.717, 1.165) is 10.5 Å². The summed E-state index contributed by atoms with van der Waals surface area (Å²) in [6, 6.07) is 13.3. The van der Waals surface area contributed by atoms with Crippen LogP contribution in [0.2, 0.25) is 0 Å². The van der Waals surface area contributed by atoms with Crippen molar-refractivity contribution in [2.24, 2.45) is 0 Å². The molecule has 0 amide bonds. The summed E-state index contributed by atoms with van der Waals surface area (Å²) in [5, 5.41) is 0. The van der Waals surface area contributed by atoms with Crippen molar-refractivity contribution in [3.05, 3.63) is 65.5 Å². The van der Waals surface area contributed by atoms with Crippen LogP contribution < -0.4 is 0 Å². The van der Waals surface area contributed by atoms with Crippen molar-refractivity contribution in [3.8, 4) is 0 Å². The first-order chi connectivity index (χ1) is 11.6. The summed E-state index contributed by atoms with van der Waals surface area (Å²) in [5.74, 6) is -0.499. The Morgan fingerprint density at radius 2 is 1.79 bits per heavy atom. The molecule has 0 spiro atoms. The van der Waals surface area contributed by atoms with Gasteiger partial charge in [-0.3, -0.25) is 9.59 Å². The fourth-order valence-corrected chi connectivity index (χ4v) is 2.92. The summed E-state index contributed by atoms with van der Waals surface area (Å²) < 4.78 is 17.9. The molecule has 126 valence electrons. The van der Waals surface area contributed by atoms with E-state index < -0.39 is 0 Å². The van der Waals surface area contributed by atoms with Gasteiger partial charge in [0.1, 0.15) is 5.82 Å². The van der Waals surface area contributed by atoms with E-state index in [9.17, 15) is 14.0 Å². The first-order valence-electron chi connectivity index (χ1n) is 7.69. The van der Waals surface area contributed by atoms with E-state index >= 15 is 0 Å². The molecule has 0 atom stereocenters. The summed E-state index contributed by atoms with van der Waals surface area (Å²) in [5.41, 5.74) is 1.60. The van der Waals surface area contributed by atoms with E-state index in [1.54, 1.807) is 0 Å². The lowest BCUT2D eigenvalue weighted by Crippen LogP contribution is -2.10. The summed E-state index contributed by atoms with van der Waals surface area (Å²) in [6.45, 7) is 2.20. The second kappa shape index (κ2) is 9.23. The molecule has 0 heterocycles. The Kier molecular flexibility index (Phi) is 7.00. The van der Waals surface area contributed by atoms with Gasteiger partial charge >= 0.3 is 5.97 Å². The van der Waals surface area contributed by atoms with Crippen molar-refractivity contribution in [2.45, 2.75) is 24.7 Å². The Bertz CT molecular complexity index is 698. The van der Waals surface area contributed by atoms with Gasteiger partial charge in [0, 0.05) is 16.9 Å². The normalized spacial score (nSPS) is 10.4. The number of rotatable bonds is 8. The summed E-state index contributed by atoms with van der Waals surface area (Å²) in [6.07, 6.45) is 0.723. The summed E-state index contributed by atoms with van der Waals surface area (Å²) in [7, 11) is 0. The molecular formula is C19H19FO3S. The molecule has 2 aromatic rings. The average Bonchev–Trinajstić information content (AvgIpc) is 2.58. The van der Waals surface area contributed by atoms with Gasteiger partial charge in [-0.15, -0.1) is 11.8 Å². The fourth-order valence-electron chi connectivity index (χ4n) is 2.10. The van der Waals surface area contributed by atoms with Crippen molar-refractivity contribution in [1.29, 1.82) is 0 Å². The molecule has 2 rings (SSSR count). The highest BCUT2D eigenvalue weighted by molar-refractivity contribution is 8.00. The van der Waals surface area contributed by atoms with Crippen molar-refractivity contribution in [1.82, 2.24) is 0 Å². The third-order valence-electron chi connectivity index (χ3n) is 3.42. The van der Waals surface area contributed by atoms with Gasteiger partial charge in [0.25, 0.3) is 0 Å². The van der Waals surface area contributed by atoms with Gasteiger partial charge in [-0.05, 0) is 49.2 Å². The molecule has 0 aliphatic rings. The number of thioether (sulfide) groups is 1. The third-order valence-corrected chi connectivity index (χ3v) is 4.57. The van der Waals surface area contributed by atoms with Crippen molar-refractivity contribution in [3.63, 3.8) is 0 Å². The number of ketones is 1. The maximum Gasteiger partial charge on any atom is 0.316 e. The second-order valence-corrected chi connectivity index (χ2v) is 6.33. The third kappa shape index (κ3) is 5.81. The molecule has 0 fully saturated rings. The predicted octanol–water partition coefficient (Wildman–Crippen LogP) is 4.43. The fraction of sp³-hybridized carbons (Fsp3) is 0.263. The lowest BCUT2D eigenvalue weighted by Gasteiger charge is -2.06. The number of esters is 1. The Labute approximate surface area is 145 Å². The van der Waals surface area contributed by atoms with Gasteiger partial charge in [-0.1, -0.05) is 18.2 Å². The first-order valence-corrected chi connectivity index (χ1v) is 8.67. The minimum Gasteiger partial charge on any atom is -0.465 e. The molecule has 0 aliphatic carbocycles. The molecule has 2 aromatic carbocycles. The number of halogens is 1. The largest absolute Gasteiger partial charge is 0.465 e. The summed E-state index contributed by atoms with van der Waals surface area (Å²) >= 11 is 1.44. The quantitative estimate of drug-likeness (QED) is 0.307. The molecule has 0 bridgehead atoms. The maximum absolute atomic E-state index is 12.8. The molecule has 0 aliphatic heterocycles. The van der Waals surface area contributed by atoms with Crippen LogP contribution >= 0.6 is 11.8 Å². The zero-order chi connectivity index (χ0) is 17.4. The van der Waals surface area contributed by atoms with Crippen LogP contribution in [0, 0.1) is 12.7 Å². The maximum atomic E-state index is 12.8. The van der Waals surface area contributed by atoms with Crippen LogP contribution in [-0.2, 0) is 9.53 Å². The van der Waals surface area contributed by atoms with E-state index in [1.807, 2.05) is 31.2 Å². The lowest BCUT2D eigenvalue weighted by atomic mass is 10.1. The van der Waals surface area contributed by atoms with Crippen LogP contribution in [0.15, 0.2) is 53.4 Å². The number of carbonyl (C=O) groups is 2. The van der Waals surface area contributed by atoms with Crippen LogP contribution in [-0.4, -0.2) is 24.1 Å². The van der Waals surface area contributed by atoms with Gasteiger partial charge < -0.3 is 4.74 Å². The van der Waals surface area contributed by atoms with Crippen molar-refractivity contribution >= 4 is 23.5 Å². The number of Topliss-reactive ketones (excluding diaryl/α,β-unsaturated/α-hetero) is 1. The molecule has 24 heavy (non-hydrogen) atoms. The minimum atomic E-state index is -0.369. The van der Waals surface area contributed by atoms with Crippen LogP contribution in [0.5, 0.6) is 0 Å². The van der Waals surface area contributed by atoms with Gasteiger partial charge in [0.15, 0.2) is 5.78 Å². The van der Waals surface area contributed by atoms with E-state index in [1.165, 1.54) is 36.0 Å². The number of benzene rings is 2. The summed E-state index contributed by atoms with van der Waals surface area (Å²) in [4.78, 5) is 24.6. The number of hydrogen-bond acceptors (Lipinski definition) is 4. The number of ether oxygens (including phenoxy) is 1. The Balaban J connectivity index is 1.65. The van der Waals surface area contributed by atoms with Crippen LogP contribution in [0.1, 0.15) is 28.8 Å². The van der Waals surface area contributed by atoms with Crippen LogP contribution in [0.3, 0.4) is 0 Å². The number of carbonyl (C=O) groups excluding carboxylic acids is 2. The Hall–Kier alpha value is -2.14. The molecule has 0 unspecified atom stereocenters. The van der Waals surface area contributed by atoms with E-state index in [4.69, 9.17) is 4.74 Å². The predicted molar refractivity (Wildman–Crippen MR) is 92.8 cm³/mol. The molecule has 0 N–H and O–H groups in total. The van der Waals surface area contributed by atoms with Gasteiger partial charge in [-0.2, -0.15) is 0 Å². The number of aryl methyl sites for hydroxylation is 1. The number of hydrogen-bond donors (Lipinski definition) is 0. The highest BCUT2D eigenvalue weighted by Gasteiger charge is 2.08. The van der Waals surface area contributed by atoms with Crippen molar-refractivity contribution < 1.29 is 18.7 Å². The standard InChI is InChI=1S/C19H19FO3S/c1-14-5-2-3-7-18(14)24-13-19(22)23-12-4-6-17(21)15-8-10-16(20)11-9-15/h2-3,5,7-11H,4,6,12-13H2,1H3.